The van der Waals surface area contributed by atoms with E-state index < -0.39 is 28.2 Å². The minimum atomic E-state index is -1.46. The van der Waals surface area contributed by atoms with Crippen LogP contribution in [0, 0.1) is 15.5 Å². The summed E-state index contributed by atoms with van der Waals surface area (Å²) in [6.45, 7) is 0.0973. The number of nitrogens with one attached hydrogen (secondary N) is 1. The number of amides is 4. The van der Waals surface area contributed by atoms with Crippen molar-refractivity contribution in [3.63, 3.8) is 0 Å². The Morgan fingerprint density at radius 3 is 2.61 bits per heavy atom. The maximum absolute atomic E-state index is 12.6. The van der Waals surface area contributed by atoms with Crippen LogP contribution in [0.15, 0.2) is 18.2 Å². The highest BCUT2D eigenvalue weighted by atomic mass is 16.6. The van der Waals surface area contributed by atoms with Gasteiger partial charge in [-0.15, -0.1) is 0 Å². The van der Waals surface area contributed by atoms with Gasteiger partial charge in [-0.05, 0) is 18.1 Å². The van der Waals surface area contributed by atoms with Gasteiger partial charge in [0.25, 0.3) is 5.69 Å². The summed E-state index contributed by atoms with van der Waals surface area (Å²) in [6, 6.07) is 3.58. The number of nitro benzene ring substituents is 1. The number of hydrogen-bond acceptors (Lipinski definition) is 6. The van der Waals surface area contributed by atoms with Crippen molar-refractivity contribution in [2.24, 2.45) is 5.41 Å². The van der Waals surface area contributed by atoms with Crippen molar-refractivity contribution in [3.8, 4) is 0 Å². The lowest BCUT2D eigenvalue weighted by Gasteiger charge is -2.44. The topological polar surface area (TPSA) is 113 Å². The van der Waals surface area contributed by atoms with Crippen molar-refractivity contribution in [3.05, 3.63) is 33.9 Å². The van der Waals surface area contributed by atoms with E-state index in [4.69, 9.17) is 0 Å². The fraction of sp³-hybridized carbons (Fsp3) is 0.357. The number of anilines is 1. The van der Waals surface area contributed by atoms with Gasteiger partial charge in [0.1, 0.15) is 5.41 Å². The van der Waals surface area contributed by atoms with Crippen LogP contribution in [-0.4, -0.2) is 48.3 Å². The number of non-ortho nitro benzene ring substituents is 1. The van der Waals surface area contributed by atoms with Crippen LogP contribution in [-0.2, 0) is 16.0 Å². The molecule has 0 saturated carbocycles. The van der Waals surface area contributed by atoms with Crippen LogP contribution in [0.1, 0.15) is 5.56 Å². The third-order valence-electron chi connectivity index (χ3n) is 4.36. The maximum atomic E-state index is 12.6. The first-order valence-electron chi connectivity index (χ1n) is 6.88. The number of nitro groups is 1. The van der Waals surface area contributed by atoms with Crippen molar-refractivity contribution in [2.45, 2.75) is 6.42 Å². The molecule has 1 spiro atoms. The van der Waals surface area contributed by atoms with E-state index in [0.717, 1.165) is 10.6 Å². The predicted molar refractivity (Wildman–Crippen MR) is 78.8 cm³/mol. The lowest BCUT2D eigenvalue weighted by molar-refractivity contribution is -0.384. The van der Waals surface area contributed by atoms with Crippen LogP contribution in [0.3, 0.4) is 0 Å². The first-order chi connectivity index (χ1) is 10.8. The number of nitrogens with zero attached hydrogens (tertiary/aromatic N) is 3. The second-order valence-electron chi connectivity index (χ2n) is 5.81. The number of imide groups is 2. The van der Waals surface area contributed by atoms with E-state index in [-0.39, 0.29) is 18.7 Å². The molecule has 3 rings (SSSR count). The maximum Gasteiger partial charge on any atom is 0.330 e. The first kappa shape index (κ1) is 14.9. The van der Waals surface area contributed by atoms with Crippen LogP contribution in [0.25, 0.3) is 0 Å². The van der Waals surface area contributed by atoms with Gasteiger partial charge in [0.05, 0.1) is 4.92 Å². The number of hydrogen-bond donors (Lipinski definition) is 1. The molecule has 1 atom stereocenters. The van der Waals surface area contributed by atoms with Crippen molar-refractivity contribution >= 4 is 29.2 Å². The number of carbonyl (C=O) groups is 3. The van der Waals surface area contributed by atoms with Gasteiger partial charge in [0.15, 0.2) is 0 Å². The van der Waals surface area contributed by atoms with Crippen LogP contribution in [0.5, 0.6) is 0 Å². The second-order valence-corrected chi connectivity index (χ2v) is 5.81. The molecule has 1 N–H and O–H groups in total. The molecule has 4 amide bonds. The highest BCUT2D eigenvalue weighted by molar-refractivity contribution is 6.19. The minimum Gasteiger partial charge on any atom is -0.373 e. The van der Waals surface area contributed by atoms with Crippen LogP contribution >= 0.6 is 0 Å². The lowest BCUT2D eigenvalue weighted by Crippen LogP contribution is -2.67. The van der Waals surface area contributed by atoms with E-state index in [1.54, 1.807) is 18.0 Å². The SMILES string of the molecule is CN1C(=O)NC(=O)[C@@]2(Cc3cc([N+](=O)[O-])ccc3N(C)C2)C1=O. The molecule has 0 unspecified atom stereocenters. The average molecular weight is 318 g/mol. The van der Waals surface area contributed by atoms with E-state index in [2.05, 4.69) is 5.32 Å². The van der Waals surface area contributed by atoms with E-state index >= 15 is 0 Å². The molecule has 1 saturated heterocycles. The molecule has 1 aromatic rings. The standard InChI is InChI=1S/C14H14N4O5/c1-16-7-14(11(19)15-13(21)17(2)12(14)20)6-8-5-9(18(22)23)3-4-10(8)16/h3-5H,6-7H2,1-2H3,(H,15,19,21)/t14-/m0/s1. The molecule has 0 radical (unpaired) electrons. The quantitative estimate of drug-likeness (QED) is 0.452. The third kappa shape index (κ3) is 2.04. The second kappa shape index (κ2) is 4.77. The molecular formula is C14H14N4O5. The van der Waals surface area contributed by atoms with Gasteiger partial charge in [0.2, 0.25) is 11.8 Å². The smallest absolute Gasteiger partial charge is 0.330 e. The van der Waals surface area contributed by atoms with Crippen molar-refractivity contribution in [1.29, 1.82) is 0 Å². The Bertz CT molecular complexity index is 762. The highest BCUT2D eigenvalue weighted by Gasteiger charge is 2.55. The van der Waals surface area contributed by atoms with Gasteiger partial charge in [-0.2, -0.15) is 0 Å². The molecule has 2 heterocycles. The summed E-state index contributed by atoms with van der Waals surface area (Å²) in [5, 5.41) is 13.1. The van der Waals surface area contributed by atoms with Gasteiger partial charge >= 0.3 is 6.03 Å². The largest absolute Gasteiger partial charge is 0.373 e. The summed E-state index contributed by atoms with van der Waals surface area (Å²) < 4.78 is 0. The molecule has 2 aliphatic rings. The Kier molecular flexibility index (Phi) is 3.10. The van der Waals surface area contributed by atoms with Gasteiger partial charge in [-0.25, -0.2) is 4.79 Å². The summed E-state index contributed by atoms with van der Waals surface area (Å²) in [5.41, 5.74) is -0.317. The molecule has 1 aromatic carbocycles. The van der Waals surface area contributed by atoms with Gasteiger partial charge in [-0.3, -0.25) is 29.9 Å². The zero-order valence-electron chi connectivity index (χ0n) is 12.5. The molecule has 23 heavy (non-hydrogen) atoms. The van der Waals surface area contributed by atoms with Gasteiger partial charge in [0, 0.05) is 38.5 Å². The van der Waals surface area contributed by atoms with Crippen LogP contribution < -0.4 is 10.2 Å². The number of urea groups is 1. The van der Waals surface area contributed by atoms with E-state index in [0.29, 0.717) is 5.56 Å². The van der Waals surface area contributed by atoms with Gasteiger partial charge < -0.3 is 4.90 Å². The Labute approximate surface area is 131 Å². The molecule has 120 valence electrons. The number of rotatable bonds is 1. The molecular weight excluding hydrogens is 304 g/mol. The summed E-state index contributed by atoms with van der Waals surface area (Å²) in [5.74, 6) is -1.27. The van der Waals surface area contributed by atoms with Crippen LogP contribution in [0.2, 0.25) is 0 Å². The highest BCUT2D eigenvalue weighted by Crippen LogP contribution is 2.40. The van der Waals surface area contributed by atoms with E-state index in [1.165, 1.54) is 19.2 Å². The lowest BCUT2D eigenvalue weighted by atomic mass is 9.74. The summed E-state index contributed by atoms with van der Waals surface area (Å²) in [6.07, 6.45) is 0.0106. The van der Waals surface area contributed by atoms with Crippen LogP contribution in [0.4, 0.5) is 16.2 Å². The average Bonchev–Trinajstić information content (AvgIpc) is 2.51. The summed E-state index contributed by atoms with van der Waals surface area (Å²) >= 11 is 0. The minimum absolute atomic E-state index is 0.0106. The molecule has 9 heteroatoms. The molecule has 0 bridgehead atoms. The Morgan fingerprint density at radius 2 is 1.96 bits per heavy atom. The molecule has 1 fully saturated rings. The monoisotopic (exact) mass is 318 g/mol. The van der Waals surface area contributed by atoms with E-state index in [1.807, 2.05) is 0 Å². The molecule has 9 nitrogen and oxygen atoms in total. The van der Waals surface area contributed by atoms with E-state index in [9.17, 15) is 24.5 Å². The fourth-order valence-corrected chi connectivity index (χ4v) is 3.18. The normalized spacial score (nSPS) is 23.8. The summed E-state index contributed by atoms with van der Waals surface area (Å²) in [4.78, 5) is 49.5. The first-order valence-corrected chi connectivity index (χ1v) is 6.88. The number of carbonyl (C=O) groups excluding carboxylic acids is 3. The van der Waals surface area contributed by atoms with Crippen molar-refractivity contribution < 1.29 is 19.3 Å². The summed E-state index contributed by atoms with van der Waals surface area (Å²) in [7, 11) is 3.00. The molecule has 0 aliphatic carbocycles. The molecule has 2 aliphatic heterocycles. The molecule has 0 aromatic heterocycles. The zero-order valence-corrected chi connectivity index (χ0v) is 12.5. The van der Waals surface area contributed by atoms with Gasteiger partial charge in [-0.1, -0.05) is 0 Å². The number of benzene rings is 1. The van der Waals surface area contributed by atoms with Crippen molar-refractivity contribution in [1.82, 2.24) is 10.2 Å². The fourth-order valence-electron chi connectivity index (χ4n) is 3.18. The Morgan fingerprint density at radius 1 is 1.26 bits per heavy atom. The third-order valence-corrected chi connectivity index (χ3v) is 4.36. The Hall–Kier alpha value is -2.97. The number of barbiturate groups is 1. The zero-order chi connectivity index (χ0) is 16.9. The Balaban J connectivity index is 2.09. The predicted octanol–water partition coefficient (Wildman–Crippen LogP) is 0.282. The number of fused-ring (bicyclic) bond motifs is 1. The van der Waals surface area contributed by atoms with Crippen molar-refractivity contribution in [2.75, 3.05) is 25.5 Å².